The predicted octanol–water partition coefficient (Wildman–Crippen LogP) is 0.305. The number of nitrogens with two attached hydrogens (primary N) is 1. The first-order valence-electron chi connectivity index (χ1n) is 2.87. The van der Waals surface area contributed by atoms with Gasteiger partial charge in [-0.15, -0.1) is 0 Å². The first kappa shape index (κ1) is 11.2. The predicted molar refractivity (Wildman–Crippen MR) is 53.3 cm³/mol. The number of carbonyl (C=O) groups is 1. The second kappa shape index (κ2) is 5.78. The first-order valence-corrected chi connectivity index (χ1v) is 4.50. The lowest BCUT2D eigenvalue weighted by Crippen LogP contribution is -2.36. The van der Waals surface area contributed by atoms with E-state index in [1.165, 1.54) is 18.9 Å². The molecule has 0 aliphatic carbocycles. The van der Waals surface area contributed by atoms with Crippen LogP contribution in [-0.4, -0.2) is 29.7 Å². The molecule has 0 heterocycles. The van der Waals surface area contributed by atoms with Crippen LogP contribution in [0.15, 0.2) is 4.99 Å². The highest BCUT2D eigenvalue weighted by Gasteiger charge is 2.00. The van der Waals surface area contributed by atoms with Crippen molar-refractivity contribution in [3.8, 4) is 0 Å². The van der Waals surface area contributed by atoms with Gasteiger partial charge in [0.1, 0.15) is 0 Å². The Morgan fingerprint density at radius 3 is 2.75 bits per heavy atom. The highest BCUT2D eigenvalue weighted by molar-refractivity contribution is 8.22. The van der Waals surface area contributed by atoms with Crippen molar-refractivity contribution in [2.75, 3.05) is 13.4 Å². The molecule has 1 amide bonds. The quantitative estimate of drug-likeness (QED) is 0.339. The first-order chi connectivity index (χ1) is 5.60. The number of amides is 1. The van der Waals surface area contributed by atoms with Crippen molar-refractivity contribution in [2.45, 2.75) is 0 Å². The lowest BCUT2D eigenvalue weighted by atomic mass is 10.9. The fraction of sp³-hybridized carbons (Fsp3) is 0.400. The molecule has 68 valence electrons. The molecular weight excluding hydrogens is 198 g/mol. The van der Waals surface area contributed by atoms with Crippen LogP contribution in [0.3, 0.4) is 0 Å². The van der Waals surface area contributed by atoms with E-state index in [2.05, 4.69) is 15.0 Å². The molecule has 12 heavy (non-hydrogen) atoms. The third-order valence-electron chi connectivity index (χ3n) is 0.802. The van der Waals surface area contributed by atoms with E-state index in [0.29, 0.717) is 4.32 Å². The Hall–Kier alpha value is -0.820. The van der Waals surface area contributed by atoms with Gasteiger partial charge in [0.15, 0.2) is 4.32 Å². The number of nitrogens with one attached hydrogen (secondary N) is 1. The van der Waals surface area contributed by atoms with Crippen molar-refractivity contribution in [1.29, 1.82) is 0 Å². The number of ether oxygens (including phenoxy) is 1. The molecule has 7 heteroatoms. The Kier molecular flexibility index (Phi) is 5.39. The van der Waals surface area contributed by atoms with Crippen LogP contribution in [0, 0.1) is 0 Å². The summed E-state index contributed by atoms with van der Waals surface area (Å²) in [5.74, 6) is -0.0683. The van der Waals surface area contributed by atoms with Crippen LogP contribution in [0.4, 0.5) is 4.79 Å². The molecule has 0 fully saturated rings. The summed E-state index contributed by atoms with van der Waals surface area (Å²) in [4.78, 5) is 14.2. The summed E-state index contributed by atoms with van der Waals surface area (Å²) in [6.07, 6.45) is 1.09. The van der Waals surface area contributed by atoms with E-state index >= 15 is 0 Å². The number of carbonyl (C=O) groups excluding carboxylic acids is 1. The number of thioether (sulfide) groups is 1. The highest BCUT2D eigenvalue weighted by Crippen LogP contribution is 1.97. The van der Waals surface area contributed by atoms with Gasteiger partial charge in [-0.3, -0.25) is 5.32 Å². The molecule has 5 nitrogen and oxygen atoms in total. The lowest BCUT2D eigenvalue weighted by molar-refractivity contribution is 0.176. The molecule has 0 rings (SSSR count). The normalized spacial score (nSPS) is 10.7. The molecule has 0 spiro atoms. The van der Waals surface area contributed by atoms with E-state index in [4.69, 9.17) is 18.0 Å². The molecule has 0 aliphatic rings. The largest absolute Gasteiger partial charge is 0.453 e. The Morgan fingerprint density at radius 2 is 2.33 bits per heavy atom. The third kappa shape index (κ3) is 4.91. The number of rotatable bonds is 0. The number of nitrogens with zero attached hydrogens (tertiary/aromatic N) is 1. The summed E-state index contributed by atoms with van der Waals surface area (Å²) >= 11 is 5.98. The SMILES string of the molecule is COC(=O)N/C(N)=N/C(=S)SC. The Morgan fingerprint density at radius 1 is 1.75 bits per heavy atom. The number of thiocarbonyl (C=S) groups is 1. The monoisotopic (exact) mass is 207 g/mol. The molecule has 0 bridgehead atoms. The number of methoxy groups -OCH3 is 1. The molecule has 3 N–H and O–H groups in total. The van der Waals surface area contributed by atoms with Crippen LogP contribution in [0.2, 0.25) is 0 Å². The summed E-state index contributed by atoms with van der Waals surface area (Å²) in [6.45, 7) is 0. The Bertz CT molecular complexity index is 217. The average molecular weight is 207 g/mol. The average Bonchev–Trinajstić information content (AvgIpc) is 2.03. The summed E-state index contributed by atoms with van der Waals surface area (Å²) in [6, 6.07) is 0. The van der Waals surface area contributed by atoms with E-state index in [1.807, 2.05) is 0 Å². The van der Waals surface area contributed by atoms with Crippen molar-refractivity contribution >= 4 is 40.4 Å². The van der Waals surface area contributed by atoms with Gasteiger partial charge in [0.2, 0.25) is 5.96 Å². The number of hydrogen-bond donors (Lipinski definition) is 2. The van der Waals surface area contributed by atoms with Gasteiger partial charge < -0.3 is 10.5 Å². The molecule has 0 atom stereocenters. The fourth-order valence-corrected chi connectivity index (χ4v) is 0.616. The molecule has 0 aromatic rings. The third-order valence-corrected chi connectivity index (χ3v) is 1.83. The molecular formula is C5H9N3O2S2. The van der Waals surface area contributed by atoms with Gasteiger partial charge in [-0.25, -0.2) is 4.79 Å². The number of aliphatic imine (C=N–C) groups is 1. The molecule has 0 radical (unpaired) electrons. The second-order valence-corrected chi connectivity index (χ2v) is 3.02. The molecule has 0 unspecified atom stereocenters. The van der Waals surface area contributed by atoms with Gasteiger partial charge in [0.25, 0.3) is 0 Å². The van der Waals surface area contributed by atoms with Crippen molar-refractivity contribution < 1.29 is 9.53 Å². The molecule has 0 saturated heterocycles. The van der Waals surface area contributed by atoms with Gasteiger partial charge in [0.05, 0.1) is 7.11 Å². The summed E-state index contributed by atoms with van der Waals surface area (Å²) < 4.78 is 4.63. The summed E-state index contributed by atoms with van der Waals surface area (Å²) in [5, 5.41) is 2.16. The van der Waals surface area contributed by atoms with Gasteiger partial charge in [-0.2, -0.15) is 4.99 Å². The highest BCUT2D eigenvalue weighted by atomic mass is 32.2. The van der Waals surface area contributed by atoms with E-state index in [0.717, 1.165) is 0 Å². The lowest BCUT2D eigenvalue weighted by Gasteiger charge is -2.01. The van der Waals surface area contributed by atoms with Gasteiger partial charge in [-0.1, -0.05) is 24.0 Å². The minimum atomic E-state index is -0.667. The fourth-order valence-electron chi connectivity index (χ4n) is 0.328. The second-order valence-electron chi connectivity index (χ2n) is 1.58. The van der Waals surface area contributed by atoms with E-state index < -0.39 is 6.09 Å². The van der Waals surface area contributed by atoms with Crippen molar-refractivity contribution in [3.63, 3.8) is 0 Å². The van der Waals surface area contributed by atoms with Crippen molar-refractivity contribution in [2.24, 2.45) is 10.7 Å². The zero-order valence-corrected chi connectivity index (χ0v) is 8.29. The maximum Gasteiger partial charge on any atom is 0.413 e. The minimum Gasteiger partial charge on any atom is -0.453 e. The van der Waals surface area contributed by atoms with Crippen LogP contribution in [0.25, 0.3) is 0 Å². The molecule has 0 aromatic heterocycles. The smallest absolute Gasteiger partial charge is 0.413 e. The number of hydrogen-bond acceptors (Lipinski definition) is 4. The summed E-state index contributed by atoms with van der Waals surface area (Å²) in [5.41, 5.74) is 5.26. The van der Waals surface area contributed by atoms with Crippen molar-refractivity contribution in [3.05, 3.63) is 0 Å². The van der Waals surface area contributed by atoms with Crippen LogP contribution < -0.4 is 11.1 Å². The van der Waals surface area contributed by atoms with E-state index in [9.17, 15) is 4.79 Å². The van der Waals surface area contributed by atoms with Crippen LogP contribution in [0.1, 0.15) is 0 Å². The minimum absolute atomic E-state index is 0.0683. The molecule has 0 aliphatic heterocycles. The Balaban J connectivity index is 4.02. The maximum atomic E-state index is 10.5. The summed E-state index contributed by atoms with van der Waals surface area (Å²) in [7, 11) is 1.23. The van der Waals surface area contributed by atoms with Crippen molar-refractivity contribution in [1.82, 2.24) is 5.32 Å². The number of guanidine groups is 1. The van der Waals surface area contributed by atoms with Crippen LogP contribution in [-0.2, 0) is 4.74 Å². The van der Waals surface area contributed by atoms with Gasteiger partial charge in [-0.05, 0) is 6.26 Å². The standard InChI is InChI=1S/C5H9N3O2S2/c1-10-4(9)7-3(6)8-5(11)12-2/h1-2H3,(H3,6,7,8,9,11). The number of alkyl carbamates (subject to hydrolysis) is 1. The topological polar surface area (TPSA) is 76.7 Å². The molecule has 0 saturated carbocycles. The zero-order valence-electron chi connectivity index (χ0n) is 6.66. The van der Waals surface area contributed by atoms with Gasteiger partial charge in [0, 0.05) is 0 Å². The maximum absolute atomic E-state index is 10.5. The van der Waals surface area contributed by atoms with Gasteiger partial charge >= 0.3 is 6.09 Å². The zero-order chi connectivity index (χ0) is 9.56. The van der Waals surface area contributed by atoms with E-state index in [1.54, 1.807) is 6.26 Å². The van der Waals surface area contributed by atoms with Crippen LogP contribution in [0.5, 0.6) is 0 Å². The van der Waals surface area contributed by atoms with E-state index in [-0.39, 0.29) is 5.96 Å². The Labute approximate surface area is 79.7 Å². The van der Waals surface area contributed by atoms with Crippen LogP contribution >= 0.6 is 24.0 Å². The molecule has 0 aromatic carbocycles.